The fourth-order valence-corrected chi connectivity index (χ4v) is 7.69. The summed E-state index contributed by atoms with van der Waals surface area (Å²) >= 11 is 0. The van der Waals surface area contributed by atoms with Crippen molar-refractivity contribution in [2.75, 3.05) is 13.2 Å². The number of hydrogen-bond acceptors (Lipinski definition) is 5. The van der Waals surface area contributed by atoms with Crippen LogP contribution in [0.5, 0.6) is 0 Å². The molecule has 3 N–H and O–H groups in total. The first-order chi connectivity index (χ1) is 27.5. The zero-order valence-electron chi connectivity index (χ0n) is 37.6. The van der Waals surface area contributed by atoms with Crippen LogP contribution in [0.15, 0.2) is 12.2 Å². The van der Waals surface area contributed by atoms with E-state index in [9.17, 15) is 19.8 Å². The van der Waals surface area contributed by atoms with E-state index in [0.29, 0.717) is 25.9 Å². The monoisotopic (exact) mass is 792 g/mol. The van der Waals surface area contributed by atoms with Gasteiger partial charge in [0.2, 0.25) is 5.91 Å². The van der Waals surface area contributed by atoms with Crippen molar-refractivity contribution in [2.45, 2.75) is 283 Å². The van der Waals surface area contributed by atoms with E-state index in [1.165, 1.54) is 161 Å². The molecule has 0 rings (SSSR count). The number of carbonyl (C=O) groups excluding carboxylic acids is 2. The Kier molecular flexibility index (Phi) is 45.1. The Bertz CT molecular complexity index is 832. The smallest absolute Gasteiger partial charge is 0.305 e. The maximum atomic E-state index is 12.4. The first kappa shape index (κ1) is 54.6. The number of ether oxygens (including phenoxy) is 1. The summed E-state index contributed by atoms with van der Waals surface area (Å²) in [6.45, 7) is 4.88. The van der Waals surface area contributed by atoms with Gasteiger partial charge in [-0.1, -0.05) is 212 Å². The summed E-state index contributed by atoms with van der Waals surface area (Å²) in [4.78, 5) is 24.4. The van der Waals surface area contributed by atoms with Crippen molar-refractivity contribution < 1.29 is 24.5 Å². The van der Waals surface area contributed by atoms with Crippen molar-refractivity contribution in [3.05, 3.63) is 12.2 Å². The highest BCUT2D eigenvalue weighted by molar-refractivity contribution is 5.76. The standard InChI is InChI=1S/C50H97NO5/c1-3-5-7-9-11-13-14-15-16-17-18-19-20-24-28-32-36-40-44-50(55)56-45-41-37-33-29-25-22-21-23-27-31-35-39-43-49(54)51-47(46-52)48(53)42-38-34-30-26-12-10-8-6-4-2/h22,25,47-48,52-53H,3-21,23-24,26-46H2,1-2H3,(H,51,54)/b25-22-. The number of rotatable bonds is 46. The summed E-state index contributed by atoms with van der Waals surface area (Å²) in [6, 6.07) is -0.557. The molecule has 6 heteroatoms. The van der Waals surface area contributed by atoms with Gasteiger partial charge >= 0.3 is 5.97 Å². The predicted molar refractivity (Wildman–Crippen MR) is 241 cm³/mol. The lowest BCUT2D eigenvalue weighted by Gasteiger charge is -2.22. The Morgan fingerprint density at radius 1 is 0.482 bits per heavy atom. The molecule has 0 aromatic heterocycles. The van der Waals surface area contributed by atoms with Crippen LogP contribution in [0.2, 0.25) is 0 Å². The maximum absolute atomic E-state index is 12.4. The minimum Gasteiger partial charge on any atom is -0.466 e. The normalized spacial score (nSPS) is 12.7. The molecule has 0 radical (unpaired) electrons. The van der Waals surface area contributed by atoms with Crippen LogP contribution >= 0.6 is 0 Å². The summed E-state index contributed by atoms with van der Waals surface area (Å²) < 4.78 is 5.45. The molecule has 0 heterocycles. The summed E-state index contributed by atoms with van der Waals surface area (Å²) in [5.74, 6) is -0.0817. The third-order valence-electron chi connectivity index (χ3n) is 11.6. The molecule has 0 aromatic rings. The summed E-state index contributed by atoms with van der Waals surface area (Å²) in [7, 11) is 0. The number of esters is 1. The van der Waals surface area contributed by atoms with Crippen molar-refractivity contribution in [1.82, 2.24) is 5.32 Å². The number of aliphatic hydroxyl groups is 2. The second-order valence-corrected chi connectivity index (χ2v) is 17.1. The molecule has 0 aliphatic carbocycles. The molecule has 0 saturated heterocycles. The van der Waals surface area contributed by atoms with E-state index in [0.717, 1.165) is 77.0 Å². The fraction of sp³-hybridized carbons (Fsp3) is 0.920. The van der Waals surface area contributed by atoms with Crippen LogP contribution in [-0.2, 0) is 14.3 Å². The largest absolute Gasteiger partial charge is 0.466 e. The number of allylic oxidation sites excluding steroid dienone is 2. The zero-order valence-corrected chi connectivity index (χ0v) is 37.6. The molecule has 0 fully saturated rings. The molecule has 2 unspecified atom stereocenters. The van der Waals surface area contributed by atoms with Gasteiger partial charge in [0.1, 0.15) is 0 Å². The third kappa shape index (κ3) is 42.2. The van der Waals surface area contributed by atoms with Gasteiger partial charge < -0.3 is 20.3 Å². The molecule has 0 aliphatic rings. The quantitative estimate of drug-likeness (QED) is 0.0324. The molecule has 6 nitrogen and oxygen atoms in total. The van der Waals surface area contributed by atoms with Crippen molar-refractivity contribution in [3.63, 3.8) is 0 Å². The molecule has 56 heavy (non-hydrogen) atoms. The second-order valence-electron chi connectivity index (χ2n) is 17.1. The highest BCUT2D eigenvalue weighted by atomic mass is 16.5. The van der Waals surface area contributed by atoms with E-state index in [1.54, 1.807) is 0 Å². The summed E-state index contributed by atoms with van der Waals surface area (Å²) in [5, 5.41) is 23.0. The molecular formula is C50H97NO5. The zero-order chi connectivity index (χ0) is 40.8. The van der Waals surface area contributed by atoms with Gasteiger partial charge in [0.25, 0.3) is 0 Å². The minimum absolute atomic E-state index is 0.0189. The molecule has 0 saturated carbocycles. The first-order valence-electron chi connectivity index (χ1n) is 24.9. The summed E-state index contributed by atoms with van der Waals surface area (Å²) in [5.41, 5.74) is 0. The van der Waals surface area contributed by atoms with Crippen LogP contribution in [0.25, 0.3) is 0 Å². The van der Waals surface area contributed by atoms with Gasteiger partial charge in [-0.3, -0.25) is 9.59 Å². The number of carbonyl (C=O) groups is 2. The van der Waals surface area contributed by atoms with Crippen molar-refractivity contribution in [3.8, 4) is 0 Å². The molecule has 0 bridgehead atoms. The van der Waals surface area contributed by atoms with Crippen LogP contribution in [0.4, 0.5) is 0 Å². The molecule has 2 atom stereocenters. The Balaban J connectivity index is 3.45. The number of nitrogens with one attached hydrogen (secondary N) is 1. The third-order valence-corrected chi connectivity index (χ3v) is 11.6. The molecule has 1 amide bonds. The van der Waals surface area contributed by atoms with E-state index in [1.807, 2.05) is 0 Å². The minimum atomic E-state index is -0.677. The van der Waals surface area contributed by atoms with Crippen molar-refractivity contribution in [2.24, 2.45) is 0 Å². The molecular weight excluding hydrogens is 695 g/mol. The van der Waals surface area contributed by atoms with Gasteiger partial charge in [0.15, 0.2) is 0 Å². The van der Waals surface area contributed by atoms with Gasteiger partial charge in [0.05, 0.1) is 25.4 Å². The van der Waals surface area contributed by atoms with Crippen LogP contribution in [0.3, 0.4) is 0 Å². The predicted octanol–water partition coefficient (Wildman–Crippen LogP) is 14.6. The molecule has 0 spiro atoms. The maximum Gasteiger partial charge on any atom is 0.305 e. The lowest BCUT2D eigenvalue weighted by molar-refractivity contribution is -0.143. The van der Waals surface area contributed by atoms with Crippen molar-refractivity contribution >= 4 is 11.9 Å². The Morgan fingerprint density at radius 2 is 0.839 bits per heavy atom. The number of unbranched alkanes of at least 4 members (excludes halogenated alkanes) is 33. The second kappa shape index (κ2) is 46.3. The molecule has 332 valence electrons. The Hall–Kier alpha value is -1.40. The van der Waals surface area contributed by atoms with Gasteiger partial charge in [-0.2, -0.15) is 0 Å². The van der Waals surface area contributed by atoms with Crippen LogP contribution < -0.4 is 5.32 Å². The highest BCUT2D eigenvalue weighted by Crippen LogP contribution is 2.16. The lowest BCUT2D eigenvalue weighted by Crippen LogP contribution is -2.45. The molecule has 0 aromatic carbocycles. The first-order valence-corrected chi connectivity index (χ1v) is 24.9. The summed E-state index contributed by atoms with van der Waals surface area (Å²) in [6.07, 6.45) is 51.9. The Labute approximate surface area is 349 Å². The van der Waals surface area contributed by atoms with Crippen LogP contribution in [0, 0.1) is 0 Å². The number of hydrogen-bond donors (Lipinski definition) is 3. The van der Waals surface area contributed by atoms with E-state index < -0.39 is 12.1 Å². The SMILES string of the molecule is CCCCCCCCCCCCCCCCCCCCC(=O)OCCCCC/C=C\CCCCCCCC(=O)NC(CO)C(O)CCCCCCCCCCC. The van der Waals surface area contributed by atoms with E-state index in [2.05, 4.69) is 31.3 Å². The fourth-order valence-electron chi connectivity index (χ4n) is 7.69. The van der Waals surface area contributed by atoms with Crippen molar-refractivity contribution in [1.29, 1.82) is 0 Å². The molecule has 0 aliphatic heterocycles. The van der Waals surface area contributed by atoms with Crippen LogP contribution in [0.1, 0.15) is 271 Å². The lowest BCUT2D eigenvalue weighted by atomic mass is 10.0. The number of aliphatic hydroxyl groups excluding tert-OH is 2. The average Bonchev–Trinajstić information content (AvgIpc) is 3.20. The van der Waals surface area contributed by atoms with E-state index >= 15 is 0 Å². The van der Waals surface area contributed by atoms with E-state index in [-0.39, 0.29) is 18.5 Å². The van der Waals surface area contributed by atoms with Gasteiger partial charge in [-0.15, -0.1) is 0 Å². The Morgan fingerprint density at radius 3 is 1.27 bits per heavy atom. The number of amides is 1. The van der Waals surface area contributed by atoms with Crippen LogP contribution in [-0.4, -0.2) is 47.4 Å². The topological polar surface area (TPSA) is 95.9 Å². The average molecular weight is 792 g/mol. The van der Waals surface area contributed by atoms with Gasteiger partial charge in [-0.25, -0.2) is 0 Å². The van der Waals surface area contributed by atoms with E-state index in [4.69, 9.17) is 4.74 Å². The van der Waals surface area contributed by atoms with Gasteiger partial charge in [-0.05, 0) is 57.8 Å². The van der Waals surface area contributed by atoms with Gasteiger partial charge in [0, 0.05) is 12.8 Å². The highest BCUT2D eigenvalue weighted by Gasteiger charge is 2.20.